The highest BCUT2D eigenvalue weighted by molar-refractivity contribution is 6.38. The van der Waals surface area contributed by atoms with Gasteiger partial charge in [-0.2, -0.15) is 5.10 Å². The normalized spacial score (nSPS) is 17.6. The molecule has 5 rings (SSSR count). The summed E-state index contributed by atoms with van der Waals surface area (Å²) in [6.07, 6.45) is 3.83. The van der Waals surface area contributed by atoms with Crippen LogP contribution in [-0.2, 0) is 17.3 Å². The summed E-state index contributed by atoms with van der Waals surface area (Å²) in [5.74, 6) is -0.311. The fourth-order valence-corrected chi connectivity index (χ4v) is 4.80. The van der Waals surface area contributed by atoms with Crippen LogP contribution >= 0.6 is 11.6 Å². The number of nitrogens with zero attached hydrogens (tertiary/aromatic N) is 5. The number of hydrogen-bond donors (Lipinski definition) is 0. The Labute approximate surface area is 179 Å². The summed E-state index contributed by atoms with van der Waals surface area (Å²) in [4.78, 5) is 31.3. The molecule has 30 heavy (non-hydrogen) atoms. The zero-order valence-corrected chi connectivity index (χ0v) is 17.7. The van der Waals surface area contributed by atoms with Gasteiger partial charge in [-0.15, -0.1) is 0 Å². The van der Waals surface area contributed by atoms with Gasteiger partial charge in [-0.05, 0) is 31.7 Å². The lowest BCUT2D eigenvalue weighted by Gasteiger charge is -2.31. The Morgan fingerprint density at radius 1 is 1.10 bits per heavy atom. The van der Waals surface area contributed by atoms with E-state index in [2.05, 4.69) is 10.1 Å². The summed E-state index contributed by atoms with van der Waals surface area (Å²) in [6.45, 7) is 2.85. The van der Waals surface area contributed by atoms with Crippen LogP contribution in [0.2, 0.25) is 5.02 Å². The van der Waals surface area contributed by atoms with E-state index in [1.165, 1.54) is 11.2 Å². The lowest BCUT2D eigenvalue weighted by Crippen LogP contribution is -2.49. The molecule has 0 unspecified atom stereocenters. The maximum absolute atomic E-state index is 13.5. The van der Waals surface area contributed by atoms with Crippen molar-refractivity contribution in [2.75, 3.05) is 13.1 Å². The average molecular weight is 424 g/mol. The lowest BCUT2D eigenvalue weighted by atomic mass is 9.95. The van der Waals surface area contributed by atoms with Gasteiger partial charge in [-0.3, -0.25) is 19.3 Å². The predicted octanol–water partition coefficient (Wildman–Crippen LogP) is 3.25. The van der Waals surface area contributed by atoms with Crippen LogP contribution in [0.25, 0.3) is 11.0 Å². The maximum atomic E-state index is 13.5. The molecule has 2 amide bonds. The monoisotopic (exact) mass is 423 g/mol. The molecule has 1 saturated heterocycles. The van der Waals surface area contributed by atoms with E-state index in [-0.39, 0.29) is 11.8 Å². The molecule has 2 aliphatic rings. The number of carbonyl (C=O) groups excluding carboxylic acids is 2. The number of halogens is 1. The van der Waals surface area contributed by atoms with Crippen LogP contribution in [0.15, 0.2) is 36.5 Å². The van der Waals surface area contributed by atoms with Gasteiger partial charge in [0.15, 0.2) is 5.65 Å². The molecule has 3 aromatic rings. The third-order valence-corrected chi connectivity index (χ3v) is 6.57. The molecule has 154 valence electrons. The maximum Gasteiger partial charge on any atom is 0.275 e. The molecule has 7 nitrogen and oxygen atoms in total. The van der Waals surface area contributed by atoms with Crippen molar-refractivity contribution < 1.29 is 9.59 Å². The van der Waals surface area contributed by atoms with Gasteiger partial charge in [0, 0.05) is 26.3 Å². The first-order valence-corrected chi connectivity index (χ1v) is 10.5. The van der Waals surface area contributed by atoms with E-state index in [9.17, 15) is 9.59 Å². The van der Waals surface area contributed by atoms with Gasteiger partial charge in [0.25, 0.3) is 11.8 Å². The molecule has 0 spiro atoms. The highest BCUT2D eigenvalue weighted by Crippen LogP contribution is 2.50. The molecule has 8 heteroatoms. The first kappa shape index (κ1) is 19.1. The third kappa shape index (κ3) is 2.72. The van der Waals surface area contributed by atoms with Crippen LogP contribution < -0.4 is 0 Å². The zero-order valence-electron chi connectivity index (χ0n) is 16.9. The van der Waals surface area contributed by atoms with Gasteiger partial charge < -0.3 is 0 Å². The predicted molar refractivity (Wildman–Crippen MR) is 113 cm³/mol. The molecule has 0 atom stereocenters. The minimum atomic E-state index is -0.518. The highest BCUT2D eigenvalue weighted by Gasteiger charge is 2.55. The Kier molecular flexibility index (Phi) is 4.32. The number of aromatic nitrogens is 3. The summed E-state index contributed by atoms with van der Waals surface area (Å²) >= 11 is 6.61. The van der Waals surface area contributed by atoms with Crippen LogP contribution in [0.4, 0.5) is 0 Å². The fraction of sp³-hybridized carbons (Fsp3) is 0.364. The van der Waals surface area contributed by atoms with Gasteiger partial charge in [0.2, 0.25) is 0 Å². The molecule has 1 aromatic carbocycles. The Morgan fingerprint density at radius 3 is 2.50 bits per heavy atom. The summed E-state index contributed by atoms with van der Waals surface area (Å²) in [7, 11) is 1.79. The van der Waals surface area contributed by atoms with Crippen LogP contribution in [0, 0.1) is 6.92 Å². The van der Waals surface area contributed by atoms with E-state index in [1.807, 2.05) is 37.3 Å². The van der Waals surface area contributed by atoms with Gasteiger partial charge in [-0.25, -0.2) is 9.99 Å². The first-order chi connectivity index (χ1) is 14.4. The van der Waals surface area contributed by atoms with Crippen molar-refractivity contribution in [3.63, 3.8) is 0 Å². The number of amides is 2. The average Bonchev–Trinajstić information content (AvgIpc) is 3.32. The van der Waals surface area contributed by atoms with Gasteiger partial charge >= 0.3 is 0 Å². The first-order valence-electron chi connectivity index (χ1n) is 10.1. The van der Waals surface area contributed by atoms with Crippen molar-refractivity contribution in [2.45, 2.75) is 31.6 Å². The van der Waals surface area contributed by atoms with Crippen molar-refractivity contribution >= 4 is 34.4 Å². The molecule has 2 aromatic heterocycles. The molecular weight excluding hydrogens is 402 g/mol. The van der Waals surface area contributed by atoms with E-state index in [4.69, 9.17) is 11.6 Å². The Morgan fingerprint density at radius 2 is 1.80 bits per heavy atom. The second kappa shape index (κ2) is 6.80. The Hall–Kier alpha value is -2.93. The zero-order chi connectivity index (χ0) is 21.0. The number of hydrogen-bond acceptors (Lipinski definition) is 4. The third-order valence-electron chi connectivity index (χ3n) is 6.18. The standard InChI is InChI=1S/C22H22ClN5O2/c1-14-17-18(23)16(13-24-19(17)26(2)25-14)20(29)27-11-6-12-28(27)21(30)22(9-10-22)15-7-4-3-5-8-15/h3-5,7-8,13H,6,9-12H2,1-2H3. The van der Waals surface area contributed by atoms with Crippen LogP contribution in [-0.4, -0.2) is 49.7 Å². The van der Waals surface area contributed by atoms with Crippen molar-refractivity contribution in [3.8, 4) is 0 Å². The van der Waals surface area contributed by atoms with Crippen molar-refractivity contribution in [2.24, 2.45) is 7.05 Å². The molecular formula is C22H22ClN5O2. The summed E-state index contributed by atoms with van der Waals surface area (Å²) in [5.41, 5.74) is 2.14. The number of hydrazine groups is 1. The molecule has 0 N–H and O–H groups in total. The van der Waals surface area contributed by atoms with Crippen LogP contribution in [0.5, 0.6) is 0 Å². The SMILES string of the molecule is Cc1nn(C)c2ncc(C(=O)N3CCCN3C(=O)C3(c4ccccc4)CC3)c(Cl)c12. The number of benzene rings is 1. The highest BCUT2D eigenvalue weighted by atomic mass is 35.5. The Balaban J connectivity index is 1.48. The lowest BCUT2D eigenvalue weighted by molar-refractivity contribution is -0.143. The molecule has 1 saturated carbocycles. The molecule has 1 aliphatic carbocycles. The smallest absolute Gasteiger partial charge is 0.272 e. The summed E-state index contributed by atoms with van der Waals surface area (Å²) < 4.78 is 1.65. The van der Waals surface area contributed by atoms with Gasteiger partial charge in [0.1, 0.15) is 0 Å². The largest absolute Gasteiger partial charge is 0.275 e. The van der Waals surface area contributed by atoms with E-state index in [1.54, 1.807) is 16.7 Å². The van der Waals surface area contributed by atoms with Crippen molar-refractivity contribution in [1.82, 2.24) is 24.8 Å². The molecule has 0 bridgehead atoms. The molecule has 3 heterocycles. The second-order valence-corrected chi connectivity index (χ2v) is 8.43. The number of aryl methyl sites for hydroxylation is 2. The Bertz CT molecular complexity index is 1170. The molecule has 2 fully saturated rings. The number of pyridine rings is 1. The number of carbonyl (C=O) groups is 2. The summed E-state index contributed by atoms with van der Waals surface area (Å²) in [6, 6.07) is 9.83. The quantitative estimate of drug-likeness (QED) is 0.648. The van der Waals surface area contributed by atoms with Gasteiger partial charge in [-0.1, -0.05) is 41.9 Å². The second-order valence-electron chi connectivity index (χ2n) is 8.05. The van der Waals surface area contributed by atoms with Crippen LogP contribution in [0.1, 0.15) is 40.9 Å². The number of fused-ring (bicyclic) bond motifs is 1. The number of rotatable bonds is 3. The minimum absolute atomic E-state index is 0.0118. The topological polar surface area (TPSA) is 71.3 Å². The summed E-state index contributed by atoms with van der Waals surface area (Å²) in [5, 5.41) is 8.49. The molecule has 1 aliphatic heterocycles. The van der Waals surface area contributed by atoms with E-state index < -0.39 is 5.41 Å². The fourth-order valence-electron chi connectivity index (χ4n) is 4.45. The minimum Gasteiger partial charge on any atom is -0.272 e. The van der Waals surface area contributed by atoms with Crippen molar-refractivity contribution in [1.29, 1.82) is 0 Å². The van der Waals surface area contributed by atoms with E-state index >= 15 is 0 Å². The van der Waals surface area contributed by atoms with Crippen LogP contribution in [0.3, 0.4) is 0 Å². The van der Waals surface area contributed by atoms with E-state index in [0.29, 0.717) is 34.7 Å². The molecule has 0 radical (unpaired) electrons. The van der Waals surface area contributed by atoms with E-state index in [0.717, 1.165) is 30.5 Å². The van der Waals surface area contributed by atoms with Gasteiger partial charge in [0.05, 0.1) is 27.1 Å². The van der Waals surface area contributed by atoms with Crippen molar-refractivity contribution in [3.05, 3.63) is 58.4 Å².